The van der Waals surface area contributed by atoms with Gasteiger partial charge in [0.1, 0.15) is 5.76 Å². The van der Waals surface area contributed by atoms with Crippen LogP contribution in [0.5, 0.6) is 0 Å². The minimum atomic E-state index is -3.54. The highest BCUT2D eigenvalue weighted by Gasteiger charge is 2.36. The summed E-state index contributed by atoms with van der Waals surface area (Å²) in [5.74, 6) is 0.598. The summed E-state index contributed by atoms with van der Waals surface area (Å²) in [5, 5.41) is 0.282. The summed E-state index contributed by atoms with van der Waals surface area (Å²) < 4.78 is 23.8. The Bertz CT molecular complexity index is 750. The van der Waals surface area contributed by atoms with Crippen LogP contribution in [0, 0.1) is 5.92 Å². The molecule has 3 rings (SSSR count). The molecule has 1 aliphatic heterocycles. The Morgan fingerprint density at radius 1 is 1.38 bits per heavy atom. The van der Waals surface area contributed by atoms with Crippen LogP contribution in [0.3, 0.4) is 0 Å². The lowest BCUT2D eigenvalue weighted by molar-refractivity contribution is 0.102. The zero-order valence-electron chi connectivity index (χ0n) is 11.3. The maximum absolute atomic E-state index is 12.7. The SMILES string of the molecule is CS(=O)(=O)c1cc(Cl)ccc1C(=O)C1=C(C2CC2)ONC1. The van der Waals surface area contributed by atoms with Crippen molar-refractivity contribution < 1.29 is 18.0 Å². The Morgan fingerprint density at radius 2 is 2.10 bits per heavy atom. The number of carbonyl (C=O) groups excluding carboxylic acids is 1. The van der Waals surface area contributed by atoms with Crippen LogP contribution >= 0.6 is 11.6 Å². The number of hydrogen-bond donors (Lipinski definition) is 1. The van der Waals surface area contributed by atoms with E-state index in [0.717, 1.165) is 19.1 Å². The maximum Gasteiger partial charge on any atom is 0.195 e. The molecule has 0 unspecified atom stereocenters. The van der Waals surface area contributed by atoms with Gasteiger partial charge in [-0.3, -0.25) is 4.79 Å². The fraction of sp³-hybridized carbons (Fsp3) is 0.357. The molecule has 1 N–H and O–H groups in total. The second-order valence-electron chi connectivity index (χ2n) is 5.28. The van der Waals surface area contributed by atoms with E-state index in [1.807, 2.05) is 0 Å². The Hall–Kier alpha value is -1.37. The van der Waals surface area contributed by atoms with Gasteiger partial charge in [0, 0.05) is 22.8 Å². The van der Waals surface area contributed by atoms with Crippen LogP contribution in [0.15, 0.2) is 34.4 Å². The molecular formula is C14H14ClNO4S. The van der Waals surface area contributed by atoms with Gasteiger partial charge in [-0.2, -0.15) is 5.48 Å². The minimum Gasteiger partial charge on any atom is -0.412 e. The Labute approximate surface area is 127 Å². The summed E-state index contributed by atoms with van der Waals surface area (Å²) in [6, 6.07) is 4.28. The molecule has 1 saturated carbocycles. The maximum atomic E-state index is 12.7. The number of halogens is 1. The summed E-state index contributed by atoms with van der Waals surface area (Å²) in [5.41, 5.74) is 3.34. The molecule has 1 aliphatic carbocycles. The lowest BCUT2D eigenvalue weighted by Crippen LogP contribution is -2.15. The molecule has 0 spiro atoms. The summed E-state index contributed by atoms with van der Waals surface area (Å²) >= 11 is 5.85. The molecule has 21 heavy (non-hydrogen) atoms. The van der Waals surface area contributed by atoms with Crippen LogP contribution in [-0.2, 0) is 14.7 Å². The zero-order chi connectivity index (χ0) is 15.2. The van der Waals surface area contributed by atoms with Crippen LogP contribution in [0.4, 0.5) is 0 Å². The Morgan fingerprint density at radius 3 is 2.71 bits per heavy atom. The molecule has 0 atom stereocenters. The second-order valence-corrected chi connectivity index (χ2v) is 7.70. The van der Waals surface area contributed by atoms with Crippen molar-refractivity contribution >= 4 is 27.2 Å². The molecule has 1 aromatic rings. The van der Waals surface area contributed by atoms with E-state index in [0.29, 0.717) is 11.3 Å². The molecule has 2 aliphatic rings. The highest BCUT2D eigenvalue weighted by Crippen LogP contribution is 2.40. The molecule has 1 aromatic carbocycles. The molecular weight excluding hydrogens is 314 g/mol. The number of allylic oxidation sites excluding steroid dienone is 1. The quantitative estimate of drug-likeness (QED) is 0.858. The highest BCUT2D eigenvalue weighted by molar-refractivity contribution is 7.90. The first kappa shape index (κ1) is 14.6. The van der Waals surface area contributed by atoms with Crippen LogP contribution in [-0.4, -0.2) is 27.0 Å². The van der Waals surface area contributed by atoms with Crippen molar-refractivity contribution in [2.24, 2.45) is 5.92 Å². The summed E-state index contributed by atoms with van der Waals surface area (Å²) in [6.45, 7) is 0.288. The summed E-state index contributed by atoms with van der Waals surface area (Å²) in [7, 11) is -3.54. The number of benzene rings is 1. The molecule has 0 amide bonds. The summed E-state index contributed by atoms with van der Waals surface area (Å²) in [4.78, 5) is 18.0. The van der Waals surface area contributed by atoms with Crippen molar-refractivity contribution in [2.75, 3.05) is 12.8 Å². The first-order chi connectivity index (χ1) is 9.88. The number of nitrogens with one attached hydrogen (secondary N) is 1. The van der Waals surface area contributed by atoms with Gasteiger partial charge in [-0.05, 0) is 31.0 Å². The van der Waals surface area contributed by atoms with E-state index in [1.54, 1.807) is 0 Å². The smallest absolute Gasteiger partial charge is 0.195 e. The number of hydrogen-bond acceptors (Lipinski definition) is 5. The first-order valence-electron chi connectivity index (χ1n) is 6.55. The largest absolute Gasteiger partial charge is 0.412 e. The molecule has 7 heteroatoms. The zero-order valence-corrected chi connectivity index (χ0v) is 12.9. The second kappa shape index (κ2) is 5.12. The molecule has 5 nitrogen and oxygen atoms in total. The molecule has 0 saturated heterocycles. The third-order valence-electron chi connectivity index (χ3n) is 3.54. The van der Waals surface area contributed by atoms with Crippen LogP contribution in [0.1, 0.15) is 23.2 Å². The number of sulfone groups is 1. The average Bonchev–Trinajstić information content (AvgIpc) is 3.14. The van der Waals surface area contributed by atoms with Crippen molar-refractivity contribution in [1.82, 2.24) is 5.48 Å². The van der Waals surface area contributed by atoms with E-state index >= 15 is 0 Å². The van der Waals surface area contributed by atoms with Crippen molar-refractivity contribution in [2.45, 2.75) is 17.7 Å². The van der Waals surface area contributed by atoms with Gasteiger partial charge >= 0.3 is 0 Å². The van der Waals surface area contributed by atoms with Gasteiger partial charge in [0.15, 0.2) is 15.6 Å². The fourth-order valence-corrected chi connectivity index (χ4v) is 3.49. The average molecular weight is 328 g/mol. The number of Topliss-reactive ketones (excluding diaryl/α,β-unsaturated/α-hetero) is 1. The monoisotopic (exact) mass is 327 g/mol. The van der Waals surface area contributed by atoms with Crippen molar-refractivity contribution in [3.8, 4) is 0 Å². The van der Waals surface area contributed by atoms with Crippen LogP contribution < -0.4 is 5.48 Å². The normalized spacial score (nSPS) is 18.8. The predicted octanol–water partition coefficient (Wildman–Crippen LogP) is 2.13. The standard InChI is InChI=1S/C14H14ClNO4S/c1-21(18,19)12-6-9(15)4-5-10(12)13(17)11-7-16-20-14(11)8-2-3-8/h4-6,8,16H,2-3,7H2,1H3. The Kier molecular flexibility index (Phi) is 3.55. The molecule has 1 heterocycles. The molecule has 112 valence electrons. The Balaban J connectivity index is 2.08. The lowest BCUT2D eigenvalue weighted by atomic mass is 10.0. The minimum absolute atomic E-state index is 0.0467. The van der Waals surface area contributed by atoms with Crippen molar-refractivity contribution in [3.63, 3.8) is 0 Å². The van der Waals surface area contributed by atoms with Gasteiger partial charge in [0.2, 0.25) is 0 Å². The van der Waals surface area contributed by atoms with E-state index in [-0.39, 0.29) is 33.7 Å². The van der Waals surface area contributed by atoms with Gasteiger partial charge < -0.3 is 4.84 Å². The van der Waals surface area contributed by atoms with Crippen molar-refractivity contribution in [1.29, 1.82) is 0 Å². The van der Waals surface area contributed by atoms with Gasteiger partial charge in [-0.1, -0.05) is 11.6 Å². The number of rotatable bonds is 4. The number of hydroxylamine groups is 1. The lowest BCUT2D eigenvalue weighted by Gasteiger charge is -2.08. The van der Waals surface area contributed by atoms with Gasteiger partial charge in [-0.15, -0.1) is 0 Å². The predicted molar refractivity (Wildman–Crippen MR) is 77.7 cm³/mol. The van der Waals surface area contributed by atoms with Gasteiger partial charge in [0.25, 0.3) is 0 Å². The van der Waals surface area contributed by atoms with Gasteiger partial charge in [-0.25, -0.2) is 8.42 Å². The van der Waals surface area contributed by atoms with E-state index < -0.39 is 9.84 Å². The summed E-state index contributed by atoms with van der Waals surface area (Å²) in [6.07, 6.45) is 3.05. The number of carbonyl (C=O) groups is 1. The molecule has 0 aromatic heterocycles. The van der Waals surface area contributed by atoms with Crippen LogP contribution in [0.25, 0.3) is 0 Å². The first-order valence-corrected chi connectivity index (χ1v) is 8.82. The molecule has 1 fully saturated rings. The van der Waals surface area contributed by atoms with Crippen LogP contribution in [0.2, 0.25) is 5.02 Å². The third-order valence-corrected chi connectivity index (χ3v) is 4.91. The molecule has 0 bridgehead atoms. The topological polar surface area (TPSA) is 72.5 Å². The third kappa shape index (κ3) is 2.84. The fourth-order valence-electron chi connectivity index (χ4n) is 2.36. The van der Waals surface area contributed by atoms with Gasteiger partial charge in [0.05, 0.1) is 17.0 Å². The van der Waals surface area contributed by atoms with E-state index in [2.05, 4.69) is 5.48 Å². The highest BCUT2D eigenvalue weighted by atomic mass is 35.5. The van der Waals surface area contributed by atoms with E-state index in [9.17, 15) is 13.2 Å². The van der Waals surface area contributed by atoms with E-state index in [1.165, 1.54) is 18.2 Å². The van der Waals surface area contributed by atoms with Crippen molar-refractivity contribution in [3.05, 3.63) is 40.1 Å². The van der Waals surface area contributed by atoms with E-state index in [4.69, 9.17) is 16.4 Å². The molecule has 0 radical (unpaired) electrons. The number of ketones is 1.